The van der Waals surface area contributed by atoms with E-state index in [2.05, 4.69) is 43.5 Å². The Kier molecular flexibility index (Phi) is 7.02. The minimum atomic E-state index is -0.265. The number of carbonyl (C=O) groups is 1. The van der Waals surface area contributed by atoms with Gasteiger partial charge in [0.05, 0.1) is 13.2 Å². The summed E-state index contributed by atoms with van der Waals surface area (Å²) in [7, 11) is 0. The normalized spacial score (nSPS) is 11.0. The standard InChI is InChI=1S/C16H26N2O3/c1-16(2,3)13-5-7-14(8-6-13)21-12-4-9-17-15(20)18-10-11-19/h5-8,19H,4,9-12H2,1-3H3,(H2,17,18,20). The van der Waals surface area contributed by atoms with Gasteiger partial charge in [-0.05, 0) is 29.5 Å². The smallest absolute Gasteiger partial charge is 0.314 e. The monoisotopic (exact) mass is 294 g/mol. The van der Waals surface area contributed by atoms with Gasteiger partial charge in [-0.1, -0.05) is 32.9 Å². The first-order valence-electron chi connectivity index (χ1n) is 7.29. The molecule has 1 aromatic rings. The van der Waals surface area contributed by atoms with Crippen LogP contribution in [-0.4, -0.2) is 37.4 Å². The second-order valence-corrected chi connectivity index (χ2v) is 5.88. The molecule has 0 spiro atoms. The van der Waals surface area contributed by atoms with Crippen LogP contribution in [0.4, 0.5) is 4.79 Å². The molecule has 0 fully saturated rings. The summed E-state index contributed by atoms with van der Waals surface area (Å²) in [5.74, 6) is 0.840. The third-order valence-corrected chi connectivity index (χ3v) is 2.99. The van der Waals surface area contributed by atoms with Crippen molar-refractivity contribution in [3.63, 3.8) is 0 Å². The minimum absolute atomic E-state index is 0.0545. The van der Waals surface area contributed by atoms with Crippen LogP contribution in [0.15, 0.2) is 24.3 Å². The number of aliphatic hydroxyl groups excluding tert-OH is 1. The van der Waals surface area contributed by atoms with Gasteiger partial charge in [0, 0.05) is 13.1 Å². The Morgan fingerprint density at radius 1 is 1.14 bits per heavy atom. The van der Waals surface area contributed by atoms with Gasteiger partial charge in [-0.3, -0.25) is 0 Å². The van der Waals surface area contributed by atoms with Crippen molar-refractivity contribution in [2.75, 3.05) is 26.3 Å². The number of benzene rings is 1. The van der Waals surface area contributed by atoms with Gasteiger partial charge in [-0.15, -0.1) is 0 Å². The molecular weight excluding hydrogens is 268 g/mol. The average molecular weight is 294 g/mol. The molecule has 0 bridgehead atoms. The number of amides is 2. The van der Waals surface area contributed by atoms with Crippen molar-refractivity contribution in [2.24, 2.45) is 0 Å². The van der Waals surface area contributed by atoms with E-state index in [0.29, 0.717) is 13.2 Å². The van der Waals surface area contributed by atoms with E-state index in [1.165, 1.54) is 5.56 Å². The first kappa shape index (κ1) is 17.3. The molecule has 0 saturated carbocycles. The maximum absolute atomic E-state index is 11.2. The highest BCUT2D eigenvalue weighted by Crippen LogP contribution is 2.24. The van der Waals surface area contributed by atoms with Gasteiger partial charge in [-0.2, -0.15) is 0 Å². The molecule has 0 saturated heterocycles. The van der Waals surface area contributed by atoms with Crippen LogP contribution in [0.3, 0.4) is 0 Å². The minimum Gasteiger partial charge on any atom is -0.494 e. The zero-order chi connectivity index (χ0) is 15.7. The molecule has 0 aliphatic carbocycles. The van der Waals surface area contributed by atoms with Gasteiger partial charge in [-0.25, -0.2) is 4.79 Å². The molecule has 2 amide bonds. The molecular formula is C16H26N2O3. The van der Waals surface area contributed by atoms with E-state index in [0.717, 1.165) is 12.2 Å². The molecule has 0 heterocycles. The molecule has 3 N–H and O–H groups in total. The number of rotatable bonds is 7. The highest BCUT2D eigenvalue weighted by atomic mass is 16.5. The van der Waals surface area contributed by atoms with E-state index in [9.17, 15) is 4.79 Å². The molecule has 0 unspecified atom stereocenters. The van der Waals surface area contributed by atoms with Crippen molar-refractivity contribution in [1.29, 1.82) is 0 Å². The number of aliphatic hydroxyl groups is 1. The first-order valence-corrected chi connectivity index (χ1v) is 7.29. The summed E-state index contributed by atoms with van der Waals surface area (Å²) in [6.45, 7) is 7.83. The molecule has 5 nitrogen and oxygen atoms in total. The van der Waals surface area contributed by atoms with Crippen LogP contribution in [0, 0.1) is 0 Å². The fourth-order valence-electron chi connectivity index (χ4n) is 1.75. The summed E-state index contributed by atoms with van der Waals surface area (Å²) in [6, 6.07) is 7.84. The fraction of sp³-hybridized carbons (Fsp3) is 0.562. The van der Waals surface area contributed by atoms with Crippen molar-refractivity contribution in [3.05, 3.63) is 29.8 Å². The maximum Gasteiger partial charge on any atom is 0.314 e. The molecule has 0 radical (unpaired) electrons. The summed E-state index contributed by atoms with van der Waals surface area (Å²) in [5, 5.41) is 13.8. The van der Waals surface area contributed by atoms with Gasteiger partial charge in [0.25, 0.3) is 0 Å². The van der Waals surface area contributed by atoms with Crippen molar-refractivity contribution in [1.82, 2.24) is 10.6 Å². The lowest BCUT2D eigenvalue weighted by Gasteiger charge is -2.19. The van der Waals surface area contributed by atoms with E-state index in [-0.39, 0.29) is 24.6 Å². The van der Waals surface area contributed by atoms with Crippen LogP contribution in [0.25, 0.3) is 0 Å². The quantitative estimate of drug-likeness (QED) is 0.674. The molecule has 118 valence electrons. The van der Waals surface area contributed by atoms with Crippen molar-refractivity contribution in [2.45, 2.75) is 32.6 Å². The lowest BCUT2D eigenvalue weighted by molar-refractivity contribution is 0.232. The second-order valence-electron chi connectivity index (χ2n) is 5.88. The van der Waals surface area contributed by atoms with Crippen LogP contribution in [0.1, 0.15) is 32.8 Å². The van der Waals surface area contributed by atoms with Gasteiger partial charge in [0.1, 0.15) is 5.75 Å². The fourth-order valence-corrected chi connectivity index (χ4v) is 1.75. The maximum atomic E-state index is 11.2. The number of urea groups is 1. The highest BCUT2D eigenvalue weighted by molar-refractivity contribution is 5.73. The van der Waals surface area contributed by atoms with Gasteiger partial charge in [0.2, 0.25) is 0 Å². The molecule has 0 aliphatic rings. The van der Waals surface area contributed by atoms with Gasteiger partial charge >= 0.3 is 6.03 Å². The molecule has 1 rings (SSSR count). The van der Waals surface area contributed by atoms with E-state index >= 15 is 0 Å². The molecule has 1 aromatic carbocycles. The molecule has 21 heavy (non-hydrogen) atoms. The van der Waals surface area contributed by atoms with Crippen molar-refractivity contribution < 1.29 is 14.6 Å². The topological polar surface area (TPSA) is 70.6 Å². The van der Waals surface area contributed by atoms with E-state index in [1.54, 1.807) is 0 Å². The molecule has 0 atom stereocenters. The first-order chi connectivity index (χ1) is 9.93. The van der Waals surface area contributed by atoms with Crippen molar-refractivity contribution in [3.8, 4) is 5.75 Å². The number of nitrogens with one attached hydrogen (secondary N) is 2. The summed E-state index contributed by atoms with van der Waals surface area (Å²) in [5.41, 5.74) is 1.42. The third-order valence-electron chi connectivity index (χ3n) is 2.99. The zero-order valence-electron chi connectivity index (χ0n) is 13.1. The Bertz CT molecular complexity index is 424. The van der Waals surface area contributed by atoms with Crippen LogP contribution >= 0.6 is 0 Å². The van der Waals surface area contributed by atoms with Crippen LogP contribution in [0.5, 0.6) is 5.75 Å². The SMILES string of the molecule is CC(C)(C)c1ccc(OCCCNC(=O)NCCO)cc1. The van der Waals surface area contributed by atoms with E-state index < -0.39 is 0 Å². The Labute approximate surface area is 126 Å². The largest absolute Gasteiger partial charge is 0.494 e. The Balaban J connectivity index is 2.20. The highest BCUT2D eigenvalue weighted by Gasteiger charge is 2.12. The Morgan fingerprint density at radius 3 is 2.33 bits per heavy atom. The Morgan fingerprint density at radius 2 is 1.76 bits per heavy atom. The second kappa shape index (κ2) is 8.52. The van der Waals surface area contributed by atoms with E-state index in [1.807, 2.05) is 12.1 Å². The van der Waals surface area contributed by atoms with Gasteiger partial charge < -0.3 is 20.5 Å². The predicted octanol–water partition coefficient (Wildman–Crippen LogP) is 2.04. The summed E-state index contributed by atoms with van der Waals surface area (Å²) in [6.07, 6.45) is 0.730. The number of hydrogen-bond acceptors (Lipinski definition) is 3. The Hall–Kier alpha value is -1.75. The number of ether oxygens (including phenoxy) is 1. The van der Waals surface area contributed by atoms with Crippen LogP contribution in [-0.2, 0) is 5.41 Å². The summed E-state index contributed by atoms with van der Waals surface area (Å²) >= 11 is 0. The third kappa shape index (κ3) is 6.99. The van der Waals surface area contributed by atoms with Crippen LogP contribution in [0.2, 0.25) is 0 Å². The van der Waals surface area contributed by atoms with E-state index in [4.69, 9.17) is 9.84 Å². The number of hydrogen-bond donors (Lipinski definition) is 3. The molecule has 0 aliphatic heterocycles. The summed E-state index contributed by atoms with van der Waals surface area (Å²) in [4.78, 5) is 11.2. The molecule has 5 heteroatoms. The predicted molar refractivity (Wildman–Crippen MR) is 83.7 cm³/mol. The van der Waals surface area contributed by atoms with Crippen LogP contribution < -0.4 is 15.4 Å². The number of carbonyl (C=O) groups excluding carboxylic acids is 1. The van der Waals surface area contributed by atoms with Crippen molar-refractivity contribution >= 4 is 6.03 Å². The lowest BCUT2D eigenvalue weighted by Crippen LogP contribution is -2.37. The molecule has 0 aromatic heterocycles. The lowest BCUT2D eigenvalue weighted by atomic mass is 9.87. The summed E-state index contributed by atoms with van der Waals surface area (Å²) < 4.78 is 5.62. The van der Waals surface area contributed by atoms with Gasteiger partial charge in [0.15, 0.2) is 0 Å². The average Bonchev–Trinajstić information content (AvgIpc) is 2.44. The zero-order valence-corrected chi connectivity index (χ0v) is 13.1.